The first-order chi connectivity index (χ1) is 14.9. The Balaban J connectivity index is 2.06. The van der Waals surface area contributed by atoms with Gasteiger partial charge in [-0.2, -0.15) is 15.0 Å². The van der Waals surface area contributed by atoms with E-state index in [4.69, 9.17) is 0 Å². The van der Waals surface area contributed by atoms with Crippen LogP contribution in [0.15, 0.2) is 48.5 Å². The molecule has 1 unspecified atom stereocenters. The number of phenols is 1. The molecule has 9 nitrogen and oxygen atoms in total. The summed E-state index contributed by atoms with van der Waals surface area (Å²) in [7, 11) is 5.24. The van der Waals surface area contributed by atoms with Crippen LogP contribution in [0.25, 0.3) is 0 Å². The first kappa shape index (κ1) is 22.0. The van der Waals surface area contributed by atoms with Crippen LogP contribution in [-0.2, 0) is 0 Å². The maximum atomic E-state index is 11.5. The maximum Gasteiger partial charge on any atom is 0.236 e. The molecule has 0 saturated carbocycles. The number of aliphatic hydroxyl groups is 1. The fourth-order valence-electron chi connectivity index (χ4n) is 3.11. The molecule has 3 aromatic rings. The topological polar surface area (TPSA) is 106 Å². The lowest BCUT2D eigenvalue weighted by molar-refractivity contribution is 0.112. The Kier molecular flexibility index (Phi) is 6.66. The molecule has 1 heterocycles. The molecule has 0 saturated heterocycles. The van der Waals surface area contributed by atoms with Crippen LogP contribution < -0.4 is 14.7 Å². The average Bonchev–Trinajstić information content (AvgIpc) is 2.82. The summed E-state index contributed by atoms with van der Waals surface area (Å²) in [6.45, 7) is 1.65. The first-order valence-electron chi connectivity index (χ1n) is 9.74. The molecular weight excluding hydrogens is 396 g/mol. The van der Waals surface area contributed by atoms with Crippen molar-refractivity contribution < 1.29 is 15.0 Å². The first-order valence-corrected chi connectivity index (χ1v) is 9.74. The van der Waals surface area contributed by atoms with Gasteiger partial charge in [0.25, 0.3) is 0 Å². The van der Waals surface area contributed by atoms with E-state index in [0.29, 0.717) is 23.1 Å². The third kappa shape index (κ3) is 4.56. The summed E-state index contributed by atoms with van der Waals surface area (Å²) >= 11 is 0. The molecule has 0 aliphatic rings. The summed E-state index contributed by atoms with van der Waals surface area (Å²) in [5.41, 5.74) is 1.87. The molecule has 1 aromatic heterocycles. The van der Waals surface area contributed by atoms with Crippen molar-refractivity contribution in [1.29, 1.82) is 0 Å². The molecule has 9 heteroatoms. The Bertz CT molecular complexity index is 1060. The van der Waals surface area contributed by atoms with Gasteiger partial charge in [-0.15, -0.1) is 0 Å². The number of phenolic OH excluding ortho intramolecular Hbond substituents is 1. The fourth-order valence-corrected chi connectivity index (χ4v) is 3.11. The van der Waals surface area contributed by atoms with Gasteiger partial charge in [-0.05, 0) is 25.1 Å². The third-order valence-electron chi connectivity index (χ3n) is 5.16. The highest BCUT2D eigenvalue weighted by atomic mass is 16.3. The standard InChI is InChI=1S/C22H26N6O3/c1-15(17-10-6-8-12-19(17)31)27(3)21-23-20(26(2)14-30)24-22(25-21)28(4)18-11-7-5-9-16(18)13-29/h5-13,15,30-31H,14H2,1-4H3. The van der Waals surface area contributed by atoms with Gasteiger partial charge in [-0.3, -0.25) is 4.79 Å². The zero-order valence-corrected chi connectivity index (χ0v) is 18.0. The molecule has 0 aliphatic heterocycles. The lowest BCUT2D eigenvalue weighted by Gasteiger charge is -2.28. The molecule has 2 aromatic carbocycles. The molecule has 1 atom stereocenters. The van der Waals surface area contributed by atoms with E-state index in [-0.39, 0.29) is 24.5 Å². The SMILES string of the molecule is CC(c1ccccc1O)N(C)c1nc(N(C)CO)nc(N(C)c2ccccc2C=O)n1. The molecule has 2 N–H and O–H groups in total. The van der Waals surface area contributed by atoms with Crippen molar-refractivity contribution in [3.05, 3.63) is 59.7 Å². The Morgan fingerprint density at radius 3 is 2.23 bits per heavy atom. The van der Waals surface area contributed by atoms with Crippen LogP contribution in [0.1, 0.15) is 28.9 Å². The number of benzene rings is 2. The van der Waals surface area contributed by atoms with Gasteiger partial charge in [0.2, 0.25) is 17.8 Å². The minimum Gasteiger partial charge on any atom is -0.508 e. The van der Waals surface area contributed by atoms with Crippen molar-refractivity contribution in [2.45, 2.75) is 13.0 Å². The van der Waals surface area contributed by atoms with Crippen LogP contribution in [0.2, 0.25) is 0 Å². The summed E-state index contributed by atoms with van der Waals surface area (Å²) in [6.07, 6.45) is 0.779. The van der Waals surface area contributed by atoms with Crippen LogP contribution in [0.5, 0.6) is 5.75 Å². The normalized spacial score (nSPS) is 11.6. The number of hydrogen-bond donors (Lipinski definition) is 2. The largest absolute Gasteiger partial charge is 0.508 e. The van der Waals surface area contributed by atoms with E-state index in [1.54, 1.807) is 49.3 Å². The number of rotatable bonds is 8. The number of aromatic hydroxyl groups is 1. The zero-order valence-electron chi connectivity index (χ0n) is 18.0. The summed E-state index contributed by atoms with van der Waals surface area (Å²) in [4.78, 5) is 30.0. The van der Waals surface area contributed by atoms with Crippen molar-refractivity contribution in [2.75, 3.05) is 42.6 Å². The van der Waals surface area contributed by atoms with Crippen molar-refractivity contribution in [3.63, 3.8) is 0 Å². The highest BCUT2D eigenvalue weighted by molar-refractivity contribution is 5.86. The van der Waals surface area contributed by atoms with Crippen LogP contribution in [0.4, 0.5) is 23.5 Å². The second-order valence-corrected chi connectivity index (χ2v) is 7.16. The van der Waals surface area contributed by atoms with Gasteiger partial charge in [-0.25, -0.2) is 0 Å². The summed E-state index contributed by atoms with van der Waals surface area (Å²) < 4.78 is 0. The number of hydrogen-bond acceptors (Lipinski definition) is 9. The van der Waals surface area contributed by atoms with Crippen LogP contribution in [0, 0.1) is 0 Å². The number of aliphatic hydroxyl groups excluding tert-OH is 1. The van der Waals surface area contributed by atoms with Gasteiger partial charge in [0, 0.05) is 32.3 Å². The Morgan fingerprint density at radius 1 is 0.935 bits per heavy atom. The van der Waals surface area contributed by atoms with Gasteiger partial charge in [-0.1, -0.05) is 30.3 Å². The van der Waals surface area contributed by atoms with Gasteiger partial charge in [0.05, 0.1) is 11.7 Å². The molecule has 0 radical (unpaired) electrons. The maximum absolute atomic E-state index is 11.5. The van der Waals surface area contributed by atoms with Crippen LogP contribution in [-0.4, -0.2) is 59.3 Å². The zero-order chi connectivity index (χ0) is 22.5. The number of carbonyl (C=O) groups is 1. The van der Waals surface area contributed by atoms with Crippen LogP contribution >= 0.6 is 0 Å². The number of nitrogens with zero attached hydrogens (tertiary/aromatic N) is 6. The highest BCUT2D eigenvalue weighted by Crippen LogP contribution is 2.31. The molecule has 0 spiro atoms. The van der Waals surface area contributed by atoms with E-state index in [0.717, 1.165) is 11.8 Å². The number of aromatic nitrogens is 3. The van der Waals surface area contributed by atoms with Crippen molar-refractivity contribution in [1.82, 2.24) is 15.0 Å². The van der Waals surface area contributed by atoms with E-state index in [1.807, 2.05) is 37.1 Å². The average molecular weight is 422 g/mol. The van der Waals surface area contributed by atoms with E-state index >= 15 is 0 Å². The summed E-state index contributed by atoms with van der Waals surface area (Å²) in [5.74, 6) is 1.12. The molecule has 0 bridgehead atoms. The lowest BCUT2D eigenvalue weighted by atomic mass is 10.1. The Labute approximate surface area is 181 Å². The van der Waals surface area contributed by atoms with Gasteiger partial charge in [0.1, 0.15) is 12.5 Å². The second-order valence-electron chi connectivity index (χ2n) is 7.16. The molecule has 0 amide bonds. The van der Waals surface area contributed by atoms with E-state index in [9.17, 15) is 15.0 Å². The molecule has 31 heavy (non-hydrogen) atoms. The molecular formula is C22H26N6O3. The van der Waals surface area contributed by atoms with Crippen molar-refractivity contribution >= 4 is 29.8 Å². The monoisotopic (exact) mass is 422 g/mol. The van der Waals surface area contributed by atoms with Gasteiger partial charge >= 0.3 is 0 Å². The highest BCUT2D eigenvalue weighted by Gasteiger charge is 2.22. The lowest BCUT2D eigenvalue weighted by Crippen LogP contribution is -2.28. The number of anilines is 4. The Hall–Kier alpha value is -3.72. The smallest absolute Gasteiger partial charge is 0.236 e. The predicted octanol–water partition coefficient (Wildman–Crippen LogP) is 2.74. The minimum absolute atomic E-state index is 0.181. The van der Waals surface area contributed by atoms with Gasteiger partial charge < -0.3 is 24.9 Å². The molecule has 3 rings (SSSR count). The quantitative estimate of drug-likeness (QED) is 0.419. The second kappa shape index (κ2) is 9.40. The van der Waals surface area contributed by atoms with Crippen LogP contribution in [0.3, 0.4) is 0 Å². The van der Waals surface area contributed by atoms with Crippen molar-refractivity contribution in [3.8, 4) is 5.75 Å². The minimum atomic E-state index is -0.281. The number of para-hydroxylation sites is 2. The molecule has 0 fully saturated rings. The number of aldehydes is 1. The van der Waals surface area contributed by atoms with E-state index in [1.165, 1.54) is 4.90 Å². The summed E-state index contributed by atoms with van der Waals surface area (Å²) in [6, 6.07) is 14.0. The third-order valence-corrected chi connectivity index (χ3v) is 5.16. The van der Waals surface area contributed by atoms with Crippen molar-refractivity contribution in [2.24, 2.45) is 0 Å². The predicted molar refractivity (Wildman–Crippen MR) is 120 cm³/mol. The van der Waals surface area contributed by atoms with E-state index < -0.39 is 0 Å². The number of carbonyl (C=O) groups excluding carboxylic acids is 1. The van der Waals surface area contributed by atoms with E-state index in [2.05, 4.69) is 15.0 Å². The molecule has 162 valence electrons. The fraction of sp³-hybridized carbons (Fsp3) is 0.273. The Morgan fingerprint density at radius 2 is 1.55 bits per heavy atom. The van der Waals surface area contributed by atoms with Gasteiger partial charge in [0.15, 0.2) is 6.29 Å². The molecule has 0 aliphatic carbocycles. The summed E-state index contributed by atoms with van der Waals surface area (Å²) in [5, 5.41) is 19.8.